The molecule has 6 rings (SSSR count). The lowest BCUT2D eigenvalue weighted by Crippen LogP contribution is -2.51. The van der Waals surface area contributed by atoms with Gasteiger partial charge in [0, 0.05) is 33.7 Å². The number of nitrogens with zero attached hydrogens (tertiary/aromatic N) is 2. The zero-order chi connectivity index (χ0) is 27.9. The Hall–Kier alpha value is -4.58. The normalized spacial score (nSPS) is 22.9. The number of aryl methyl sites for hydroxylation is 1. The molecule has 0 spiro atoms. The average Bonchev–Trinajstić information content (AvgIpc) is 2.99. The van der Waals surface area contributed by atoms with Gasteiger partial charge in [0.2, 0.25) is 6.41 Å². The van der Waals surface area contributed by atoms with Crippen LogP contribution in [0.5, 0.6) is 0 Å². The third kappa shape index (κ3) is 4.11. The van der Waals surface area contributed by atoms with Crippen LogP contribution in [-0.4, -0.2) is 27.3 Å². The summed E-state index contributed by atoms with van der Waals surface area (Å²) in [5.41, 5.74) is 7.84. The van der Waals surface area contributed by atoms with E-state index in [0.717, 1.165) is 64.0 Å². The summed E-state index contributed by atoms with van der Waals surface area (Å²) in [6.07, 6.45) is 3.69. The van der Waals surface area contributed by atoms with Crippen molar-refractivity contribution in [3.8, 4) is 22.4 Å². The summed E-state index contributed by atoms with van der Waals surface area (Å²) in [5.74, 6) is 0.527. The molecule has 0 unspecified atom stereocenters. The second-order valence-corrected chi connectivity index (χ2v) is 10.8. The number of nitrogens with one attached hydrogen (secondary N) is 1. The first-order valence-electron chi connectivity index (χ1n) is 13.7. The molecule has 0 saturated heterocycles. The van der Waals surface area contributed by atoms with E-state index in [-0.39, 0.29) is 17.6 Å². The van der Waals surface area contributed by atoms with E-state index in [1.165, 1.54) is 0 Å². The first kappa shape index (κ1) is 25.7. The van der Waals surface area contributed by atoms with E-state index in [4.69, 9.17) is 9.97 Å². The Kier molecular flexibility index (Phi) is 6.54. The van der Waals surface area contributed by atoms with Crippen LogP contribution in [0.4, 0.5) is 5.69 Å². The van der Waals surface area contributed by atoms with Crippen molar-refractivity contribution >= 4 is 17.9 Å². The molecule has 200 valence electrons. The molecule has 3 atom stereocenters. The van der Waals surface area contributed by atoms with Crippen molar-refractivity contribution in [1.29, 1.82) is 0 Å². The fraction of sp³-hybridized carbons (Fsp3) is 0.235. The summed E-state index contributed by atoms with van der Waals surface area (Å²) < 4.78 is 0. The lowest BCUT2D eigenvalue weighted by Gasteiger charge is -2.51. The Morgan fingerprint density at radius 2 is 1.70 bits per heavy atom. The number of benzene rings is 3. The Bertz CT molecular complexity index is 1630. The number of aromatic nitrogens is 2. The van der Waals surface area contributed by atoms with E-state index < -0.39 is 5.41 Å². The number of ketones is 1. The number of carbonyl (C=O) groups excluding carboxylic acids is 2. The van der Waals surface area contributed by atoms with Crippen molar-refractivity contribution in [3.63, 3.8) is 0 Å². The number of carbonyl (C=O) groups is 2. The van der Waals surface area contributed by atoms with Crippen LogP contribution in [0.3, 0.4) is 0 Å². The Morgan fingerprint density at radius 3 is 2.42 bits per heavy atom. The topological polar surface area (TPSA) is 92.2 Å². The number of aliphatic hydroxyl groups is 1. The molecule has 1 fully saturated rings. The fourth-order valence-electron chi connectivity index (χ4n) is 6.89. The van der Waals surface area contributed by atoms with Gasteiger partial charge in [0.15, 0.2) is 5.78 Å². The summed E-state index contributed by atoms with van der Waals surface area (Å²) in [6, 6.07) is 26.4. The highest BCUT2D eigenvalue weighted by Gasteiger charge is 2.55. The quantitative estimate of drug-likeness (QED) is 0.173. The largest absolute Gasteiger partial charge is 0.515 e. The minimum Gasteiger partial charge on any atom is -0.515 e. The highest BCUT2D eigenvalue weighted by molar-refractivity contribution is 5.98. The minimum absolute atomic E-state index is 0.0237. The summed E-state index contributed by atoms with van der Waals surface area (Å²) >= 11 is 0. The van der Waals surface area contributed by atoms with E-state index in [0.29, 0.717) is 24.2 Å². The predicted octanol–water partition coefficient (Wildman–Crippen LogP) is 6.59. The van der Waals surface area contributed by atoms with Gasteiger partial charge in [0.05, 0.1) is 17.6 Å². The fourth-order valence-corrected chi connectivity index (χ4v) is 6.89. The van der Waals surface area contributed by atoms with Gasteiger partial charge in [-0.2, -0.15) is 0 Å². The van der Waals surface area contributed by atoms with Crippen molar-refractivity contribution < 1.29 is 14.7 Å². The van der Waals surface area contributed by atoms with Crippen LogP contribution in [0, 0.1) is 18.8 Å². The molecule has 0 radical (unpaired) electrons. The summed E-state index contributed by atoms with van der Waals surface area (Å²) in [6.45, 7) is 3.92. The molecule has 0 bridgehead atoms. The summed E-state index contributed by atoms with van der Waals surface area (Å²) in [4.78, 5) is 34.1. The van der Waals surface area contributed by atoms with Gasteiger partial charge in [-0.15, -0.1) is 0 Å². The van der Waals surface area contributed by atoms with E-state index in [1.807, 2.05) is 62.4 Å². The number of hydrogen-bond acceptors (Lipinski definition) is 5. The number of aliphatic hydroxyl groups excluding tert-OH is 1. The molecule has 1 saturated carbocycles. The SMILES string of the molecule is Cc1nc(-c2cccc(-c3ccc(NC=O)cc3)c2)c2c(n1)[C@@]1(c3ccccc3)C/C(=C/O)C(=O)[C@@H](C)[C@@H]1CC2. The van der Waals surface area contributed by atoms with Gasteiger partial charge in [0.25, 0.3) is 0 Å². The third-order valence-corrected chi connectivity index (χ3v) is 8.71. The average molecular weight is 530 g/mol. The third-order valence-electron chi connectivity index (χ3n) is 8.71. The predicted molar refractivity (Wildman–Crippen MR) is 156 cm³/mol. The summed E-state index contributed by atoms with van der Waals surface area (Å²) in [7, 11) is 0. The number of rotatable bonds is 5. The molecule has 2 N–H and O–H groups in total. The zero-order valence-corrected chi connectivity index (χ0v) is 22.6. The van der Waals surface area contributed by atoms with Crippen LogP contribution in [0.1, 0.15) is 42.4 Å². The maximum Gasteiger partial charge on any atom is 0.211 e. The van der Waals surface area contributed by atoms with Crippen molar-refractivity contribution in [3.05, 3.63) is 113 Å². The van der Waals surface area contributed by atoms with Crippen LogP contribution >= 0.6 is 0 Å². The van der Waals surface area contributed by atoms with E-state index >= 15 is 0 Å². The van der Waals surface area contributed by atoms with Gasteiger partial charge in [-0.1, -0.05) is 67.6 Å². The highest BCUT2D eigenvalue weighted by Crippen LogP contribution is 2.56. The van der Waals surface area contributed by atoms with Crippen molar-refractivity contribution in [2.45, 2.75) is 38.5 Å². The zero-order valence-electron chi connectivity index (χ0n) is 22.6. The van der Waals surface area contributed by atoms with Gasteiger partial charge in [-0.25, -0.2) is 9.97 Å². The van der Waals surface area contributed by atoms with Crippen LogP contribution in [0.25, 0.3) is 22.4 Å². The number of allylic oxidation sites excluding steroid dienone is 1. The number of fused-ring (bicyclic) bond motifs is 3. The van der Waals surface area contributed by atoms with Crippen LogP contribution in [0.15, 0.2) is 90.7 Å². The Morgan fingerprint density at radius 1 is 0.950 bits per heavy atom. The molecule has 0 aliphatic heterocycles. The summed E-state index contributed by atoms with van der Waals surface area (Å²) in [5, 5.41) is 12.8. The van der Waals surface area contributed by atoms with Crippen molar-refractivity contribution in [2.75, 3.05) is 5.32 Å². The van der Waals surface area contributed by atoms with Gasteiger partial charge < -0.3 is 10.4 Å². The second-order valence-electron chi connectivity index (χ2n) is 10.8. The van der Waals surface area contributed by atoms with E-state index in [9.17, 15) is 14.7 Å². The van der Waals surface area contributed by atoms with E-state index in [2.05, 4.69) is 35.6 Å². The van der Waals surface area contributed by atoms with Crippen LogP contribution in [0.2, 0.25) is 0 Å². The molecule has 2 aliphatic rings. The van der Waals surface area contributed by atoms with Crippen LogP contribution < -0.4 is 5.32 Å². The second kappa shape index (κ2) is 10.2. The van der Waals surface area contributed by atoms with E-state index in [1.54, 1.807) is 0 Å². The molecule has 6 nitrogen and oxygen atoms in total. The highest BCUT2D eigenvalue weighted by atomic mass is 16.2. The standard InChI is InChI=1S/C34H31N3O3/c1-21-30-16-15-29-31(25-8-6-7-24(17-25)23-11-13-28(14-12-23)35-20-39)36-22(2)37-33(29)34(30,18-26(19-38)32(21)40)27-9-4-3-5-10-27/h3-14,17,19-21,30,38H,15-16,18H2,1-2H3,(H,35,39)/b26-19-/t21-,30-,34+/m0/s1. The molecule has 1 amide bonds. The first-order valence-corrected chi connectivity index (χ1v) is 13.7. The smallest absolute Gasteiger partial charge is 0.211 e. The number of amides is 1. The molecule has 4 aromatic rings. The van der Waals surface area contributed by atoms with Crippen molar-refractivity contribution in [2.24, 2.45) is 11.8 Å². The maximum absolute atomic E-state index is 13.2. The van der Waals surface area contributed by atoms with Gasteiger partial charge in [0.1, 0.15) is 5.82 Å². The lowest BCUT2D eigenvalue weighted by molar-refractivity contribution is -0.123. The minimum atomic E-state index is -0.543. The molecule has 1 aromatic heterocycles. The molecule has 40 heavy (non-hydrogen) atoms. The molecule has 2 aliphatic carbocycles. The molecular formula is C34H31N3O3. The first-order chi connectivity index (χ1) is 19.5. The molecule has 3 aromatic carbocycles. The number of Topliss-reactive ketones (excluding diaryl/α,β-unsaturated/α-hetero) is 1. The molecule has 1 heterocycles. The molecule has 6 heteroatoms. The van der Waals surface area contributed by atoms with Gasteiger partial charge in [-0.05, 0) is 67.0 Å². The van der Waals surface area contributed by atoms with Crippen molar-refractivity contribution in [1.82, 2.24) is 9.97 Å². The lowest BCUT2D eigenvalue weighted by atomic mass is 9.52. The van der Waals surface area contributed by atoms with Gasteiger partial charge in [-0.3, -0.25) is 9.59 Å². The Labute approximate surface area is 233 Å². The number of anilines is 1. The number of hydrogen-bond donors (Lipinski definition) is 2. The van der Waals surface area contributed by atoms with Gasteiger partial charge >= 0.3 is 0 Å². The van der Waals surface area contributed by atoms with Crippen LogP contribution in [-0.2, 0) is 21.4 Å². The Balaban J connectivity index is 1.53. The monoisotopic (exact) mass is 529 g/mol. The maximum atomic E-state index is 13.2. The molecular weight excluding hydrogens is 498 g/mol.